The van der Waals surface area contributed by atoms with Crippen molar-refractivity contribution in [2.75, 3.05) is 0 Å². The number of benzene rings is 2. The Morgan fingerprint density at radius 2 is 1.85 bits per heavy atom. The first-order chi connectivity index (χ1) is 13.1. The summed E-state index contributed by atoms with van der Waals surface area (Å²) in [5.74, 6) is -0.165. The topological polar surface area (TPSA) is 0 Å². The molecule has 140 valence electrons. The lowest BCUT2D eigenvalue weighted by atomic mass is 10.0. The molecule has 0 saturated heterocycles. The number of halogens is 2. The van der Waals surface area contributed by atoms with Gasteiger partial charge in [0.25, 0.3) is 0 Å². The van der Waals surface area contributed by atoms with E-state index >= 15 is 0 Å². The monoisotopic (exact) mass is 442 g/mol. The van der Waals surface area contributed by atoms with E-state index in [1.807, 2.05) is 25.1 Å². The Morgan fingerprint density at radius 1 is 1.07 bits per heavy atom. The fourth-order valence-corrected chi connectivity index (χ4v) is 5.19. The van der Waals surface area contributed by atoms with Crippen molar-refractivity contribution in [3.05, 3.63) is 93.0 Å². The summed E-state index contributed by atoms with van der Waals surface area (Å²) >= 11 is 5.32. The molecule has 0 aliphatic carbocycles. The van der Waals surface area contributed by atoms with E-state index in [1.165, 1.54) is 16.7 Å². The maximum Gasteiger partial charge on any atom is 0.131 e. The van der Waals surface area contributed by atoms with E-state index in [2.05, 4.69) is 52.2 Å². The summed E-state index contributed by atoms with van der Waals surface area (Å²) in [5, 5.41) is 2.15. The third-order valence-corrected chi connectivity index (χ3v) is 6.95. The summed E-state index contributed by atoms with van der Waals surface area (Å²) < 4.78 is 15.3. The molecule has 0 saturated carbocycles. The summed E-state index contributed by atoms with van der Waals surface area (Å²) in [7, 11) is 0. The first-order valence-electron chi connectivity index (χ1n) is 9.29. The van der Waals surface area contributed by atoms with Crippen molar-refractivity contribution in [3.8, 4) is 10.4 Å². The molecule has 2 aromatic carbocycles. The van der Waals surface area contributed by atoms with Crippen molar-refractivity contribution < 1.29 is 4.39 Å². The molecule has 0 N–H and O–H groups in total. The van der Waals surface area contributed by atoms with Crippen LogP contribution in [0, 0.1) is 12.7 Å². The lowest BCUT2D eigenvalue weighted by molar-refractivity contribution is 0.631. The zero-order valence-electron chi connectivity index (χ0n) is 15.6. The second-order valence-electron chi connectivity index (χ2n) is 6.89. The number of thiophene rings is 1. The molecule has 27 heavy (non-hydrogen) atoms. The standard InChI is InChI=1S/C24H24BrFS/c1-3-4-5-7-18-8-6-9-19(15-18)11-12-20-16-27-24(23(20)25)21-14-17(2)10-13-22(21)26/h3,6,8-10,13-16H,1,4-5,7,11-12H2,2H3. The molecule has 0 radical (unpaired) electrons. The molecule has 0 bridgehead atoms. The van der Waals surface area contributed by atoms with Crippen LogP contribution in [0.1, 0.15) is 35.1 Å². The van der Waals surface area contributed by atoms with Gasteiger partial charge in [-0.3, -0.25) is 0 Å². The smallest absolute Gasteiger partial charge is 0.131 e. The number of allylic oxidation sites excluding steroid dienone is 1. The zero-order valence-corrected chi connectivity index (χ0v) is 18.0. The summed E-state index contributed by atoms with van der Waals surface area (Å²) in [6.45, 7) is 5.78. The van der Waals surface area contributed by atoms with Crippen LogP contribution in [0.15, 0.2) is 65.0 Å². The molecule has 0 nitrogen and oxygen atoms in total. The fourth-order valence-electron chi connectivity index (χ4n) is 3.21. The molecule has 0 atom stereocenters. The molecule has 0 aliphatic rings. The summed E-state index contributed by atoms with van der Waals surface area (Å²) in [6.07, 6.45) is 7.21. The van der Waals surface area contributed by atoms with Crippen molar-refractivity contribution in [1.29, 1.82) is 0 Å². The molecule has 3 aromatic rings. The van der Waals surface area contributed by atoms with Crippen LogP contribution in [0.2, 0.25) is 0 Å². The minimum Gasteiger partial charge on any atom is -0.206 e. The molecule has 1 heterocycles. The average Bonchev–Trinajstić information content (AvgIpc) is 3.03. The number of hydrogen-bond acceptors (Lipinski definition) is 1. The third kappa shape index (κ3) is 5.18. The van der Waals surface area contributed by atoms with Gasteiger partial charge in [-0.15, -0.1) is 17.9 Å². The van der Waals surface area contributed by atoms with E-state index in [-0.39, 0.29) is 5.82 Å². The largest absolute Gasteiger partial charge is 0.206 e. The predicted octanol–water partition coefficient (Wildman–Crippen LogP) is 7.92. The quantitative estimate of drug-likeness (QED) is 0.245. The van der Waals surface area contributed by atoms with Crippen LogP contribution in [0.25, 0.3) is 10.4 Å². The molecule has 3 heteroatoms. The van der Waals surface area contributed by atoms with Crippen molar-refractivity contribution >= 4 is 27.3 Å². The highest BCUT2D eigenvalue weighted by atomic mass is 79.9. The van der Waals surface area contributed by atoms with Crippen LogP contribution in [-0.4, -0.2) is 0 Å². The van der Waals surface area contributed by atoms with E-state index < -0.39 is 0 Å². The zero-order chi connectivity index (χ0) is 19.2. The number of aryl methyl sites for hydroxylation is 4. The Bertz CT molecular complexity index is 926. The Morgan fingerprint density at radius 3 is 2.63 bits per heavy atom. The lowest BCUT2D eigenvalue weighted by Crippen LogP contribution is -1.93. The summed E-state index contributed by atoms with van der Waals surface area (Å²) in [6, 6.07) is 14.1. The van der Waals surface area contributed by atoms with Crippen molar-refractivity contribution in [1.82, 2.24) is 0 Å². The van der Waals surface area contributed by atoms with Crippen molar-refractivity contribution in [3.63, 3.8) is 0 Å². The summed E-state index contributed by atoms with van der Waals surface area (Å²) in [5.41, 5.74) is 5.74. The first-order valence-corrected chi connectivity index (χ1v) is 11.0. The summed E-state index contributed by atoms with van der Waals surface area (Å²) in [4.78, 5) is 0.976. The van der Waals surface area contributed by atoms with Crippen LogP contribution < -0.4 is 0 Å². The highest BCUT2D eigenvalue weighted by molar-refractivity contribution is 9.10. The number of unbranched alkanes of at least 4 members (excludes halogenated alkanes) is 1. The molecule has 0 unspecified atom stereocenters. The molecule has 3 rings (SSSR count). The average molecular weight is 443 g/mol. The molecule has 0 fully saturated rings. The van der Waals surface area contributed by atoms with Gasteiger partial charge in [-0.2, -0.15) is 0 Å². The van der Waals surface area contributed by atoms with Gasteiger partial charge >= 0.3 is 0 Å². The second kappa shape index (κ2) is 9.48. The molecule has 1 aromatic heterocycles. The third-order valence-electron chi connectivity index (χ3n) is 4.71. The van der Waals surface area contributed by atoms with Gasteiger partial charge in [-0.05, 0) is 89.2 Å². The number of hydrogen-bond donors (Lipinski definition) is 0. The Labute approximate surface area is 173 Å². The Balaban J connectivity index is 1.71. The van der Waals surface area contributed by atoms with Gasteiger partial charge in [-0.1, -0.05) is 42.0 Å². The Hall–Kier alpha value is -1.71. The van der Waals surface area contributed by atoms with Gasteiger partial charge in [0.1, 0.15) is 5.82 Å². The van der Waals surface area contributed by atoms with Gasteiger partial charge in [0.2, 0.25) is 0 Å². The first kappa shape index (κ1) is 20.0. The van der Waals surface area contributed by atoms with E-state index in [9.17, 15) is 4.39 Å². The van der Waals surface area contributed by atoms with Crippen LogP contribution >= 0.6 is 27.3 Å². The molecular formula is C24H24BrFS. The maximum atomic E-state index is 14.2. The Kier molecular flexibility index (Phi) is 7.03. The van der Waals surface area contributed by atoms with Crippen LogP contribution in [0.3, 0.4) is 0 Å². The normalized spacial score (nSPS) is 10.9. The van der Waals surface area contributed by atoms with Crippen molar-refractivity contribution in [2.45, 2.75) is 39.0 Å². The van der Waals surface area contributed by atoms with Crippen LogP contribution in [0.5, 0.6) is 0 Å². The maximum absolute atomic E-state index is 14.2. The van der Waals surface area contributed by atoms with Gasteiger partial charge in [0.05, 0.1) is 4.88 Å². The van der Waals surface area contributed by atoms with Gasteiger partial charge in [0.15, 0.2) is 0 Å². The van der Waals surface area contributed by atoms with Gasteiger partial charge < -0.3 is 0 Å². The molecule has 0 spiro atoms. The van der Waals surface area contributed by atoms with Crippen LogP contribution in [0.4, 0.5) is 4.39 Å². The van der Waals surface area contributed by atoms with E-state index in [0.29, 0.717) is 5.56 Å². The fraction of sp³-hybridized carbons (Fsp3) is 0.250. The SMILES string of the molecule is C=CCCCc1cccc(CCc2csc(-c3cc(C)ccc3F)c2Br)c1. The van der Waals surface area contributed by atoms with E-state index in [0.717, 1.165) is 47.0 Å². The van der Waals surface area contributed by atoms with Crippen molar-refractivity contribution in [2.24, 2.45) is 0 Å². The van der Waals surface area contributed by atoms with Gasteiger partial charge in [0, 0.05) is 10.0 Å². The van der Waals surface area contributed by atoms with Gasteiger partial charge in [-0.25, -0.2) is 4.39 Å². The minimum atomic E-state index is -0.165. The molecule has 0 amide bonds. The molecule has 0 aliphatic heterocycles. The van der Waals surface area contributed by atoms with Crippen LogP contribution in [-0.2, 0) is 19.3 Å². The van der Waals surface area contributed by atoms with E-state index in [1.54, 1.807) is 17.4 Å². The highest BCUT2D eigenvalue weighted by Crippen LogP contribution is 2.39. The lowest BCUT2D eigenvalue weighted by Gasteiger charge is -2.06. The number of rotatable bonds is 8. The predicted molar refractivity (Wildman–Crippen MR) is 119 cm³/mol. The van der Waals surface area contributed by atoms with E-state index in [4.69, 9.17) is 0 Å². The molecular weight excluding hydrogens is 419 g/mol. The minimum absolute atomic E-state index is 0.165. The highest BCUT2D eigenvalue weighted by Gasteiger charge is 2.14. The second-order valence-corrected chi connectivity index (χ2v) is 8.56.